The fourth-order valence-electron chi connectivity index (χ4n) is 7.79. The lowest BCUT2D eigenvalue weighted by molar-refractivity contribution is -0.104. The van der Waals surface area contributed by atoms with Crippen LogP contribution in [0.2, 0.25) is 0 Å². The molecular weight excluding hydrogens is 471 g/mol. The van der Waals surface area contributed by atoms with Crippen LogP contribution in [0.15, 0.2) is 71.3 Å². The van der Waals surface area contributed by atoms with E-state index >= 15 is 0 Å². The summed E-state index contributed by atoms with van der Waals surface area (Å²) in [5.74, 6) is 7.76. The molecule has 2 aromatic rings. The van der Waals surface area contributed by atoms with Gasteiger partial charge in [-0.25, -0.2) is 0 Å². The summed E-state index contributed by atoms with van der Waals surface area (Å²) in [4.78, 5) is 22.6. The van der Waals surface area contributed by atoms with Crippen LogP contribution in [-0.4, -0.2) is 19.2 Å². The van der Waals surface area contributed by atoms with Gasteiger partial charge in [0, 0.05) is 22.6 Å². The van der Waals surface area contributed by atoms with Gasteiger partial charge in [-0.15, -0.1) is 0 Å². The van der Waals surface area contributed by atoms with Gasteiger partial charge in [0.1, 0.15) is 12.6 Å². The summed E-state index contributed by atoms with van der Waals surface area (Å²) in [5.41, 5.74) is 7.76. The van der Waals surface area contributed by atoms with Crippen molar-refractivity contribution in [2.24, 2.45) is 23.2 Å². The number of benzene rings is 2. The number of allylic oxidation sites excluding steroid dienone is 4. The Morgan fingerprint density at radius 1 is 1.03 bits per heavy atom. The van der Waals surface area contributed by atoms with Crippen LogP contribution in [-0.2, 0) is 4.79 Å². The highest BCUT2D eigenvalue weighted by molar-refractivity contribution is 5.75. The molecule has 0 amide bonds. The van der Waals surface area contributed by atoms with Crippen LogP contribution in [0.25, 0.3) is 0 Å². The van der Waals surface area contributed by atoms with Crippen molar-refractivity contribution in [2.75, 3.05) is 6.67 Å². The molecule has 0 spiro atoms. The maximum atomic E-state index is 14.3. The van der Waals surface area contributed by atoms with Gasteiger partial charge in [0.15, 0.2) is 0 Å². The first kappa shape index (κ1) is 26.4. The van der Waals surface area contributed by atoms with Crippen LogP contribution in [0, 0.1) is 35.0 Å². The summed E-state index contributed by atoms with van der Waals surface area (Å²) < 4.78 is 14.3. The van der Waals surface area contributed by atoms with E-state index in [-0.39, 0.29) is 23.9 Å². The lowest BCUT2D eigenvalue weighted by Gasteiger charge is -2.52. The molecule has 0 aliphatic heterocycles. The first-order valence-electron chi connectivity index (χ1n) is 14.1. The van der Waals surface area contributed by atoms with Crippen molar-refractivity contribution in [3.05, 3.63) is 93.6 Å². The number of rotatable bonds is 6. The van der Waals surface area contributed by atoms with Crippen molar-refractivity contribution in [1.82, 2.24) is 0 Å². The number of halogens is 1. The molecule has 0 heterocycles. The molecule has 5 rings (SSSR count). The number of hydrogen-bond acceptors (Lipinski definition) is 2. The molecule has 3 aliphatic rings. The predicted octanol–water partition coefficient (Wildman–Crippen LogP) is 8.02. The summed E-state index contributed by atoms with van der Waals surface area (Å²) in [6.45, 7) is 4.33. The van der Waals surface area contributed by atoms with E-state index in [1.54, 1.807) is 18.2 Å². The largest absolute Gasteiger partial charge is 0.299 e. The van der Waals surface area contributed by atoms with Gasteiger partial charge in [-0.05, 0) is 109 Å². The number of aldehydes is 2. The van der Waals surface area contributed by atoms with Crippen LogP contribution in [0.5, 0.6) is 0 Å². The van der Waals surface area contributed by atoms with Gasteiger partial charge in [0.05, 0.1) is 6.67 Å². The minimum atomic E-state index is -0.233. The van der Waals surface area contributed by atoms with Gasteiger partial charge in [0.25, 0.3) is 0 Å². The van der Waals surface area contributed by atoms with Crippen LogP contribution >= 0.6 is 0 Å². The van der Waals surface area contributed by atoms with Crippen molar-refractivity contribution in [3.63, 3.8) is 0 Å². The monoisotopic (exact) mass is 508 g/mol. The fraction of sp³-hybridized carbons (Fsp3) is 0.429. The zero-order chi connectivity index (χ0) is 26.7. The van der Waals surface area contributed by atoms with Crippen molar-refractivity contribution in [1.29, 1.82) is 0 Å². The van der Waals surface area contributed by atoms with E-state index in [1.807, 2.05) is 12.1 Å². The third-order valence-electron chi connectivity index (χ3n) is 9.61. The highest BCUT2D eigenvalue weighted by atomic mass is 19.1. The van der Waals surface area contributed by atoms with Crippen LogP contribution < -0.4 is 0 Å². The maximum Gasteiger partial charge on any atom is 0.150 e. The van der Waals surface area contributed by atoms with Gasteiger partial charge in [-0.3, -0.25) is 14.0 Å². The van der Waals surface area contributed by atoms with Crippen LogP contribution in [0.3, 0.4) is 0 Å². The Morgan fingerprint density at radius 3 is 2.53 bits per heavy atom. The molecule has 38 heavy (non-hydrogen) atoms. The second-order valence-electron chi connectivity index (χ2n) is 11.6. The Balaban J connectivity index is 1.54. The quantitative estimate of drug-likeness (QED) is 0.225. The Morgan fingerprint density at radius 2 is 1.82 bits per heavy atom. The van der Waals surface area contributed by atoms with E-state index in [9.17, 15) is 14.0 Å². The van der Waals surface area contributed by atoms with Crippen molar-refractivity contribution >= 4 is 12.6 Å². The highest BCUT2D eigenvalue weighted by Gasteiger charge is 2.56. The topological polar surface area (TPSA) is 34.1 Å². The first-order valence-corrected chi connectivity index (χ1v) is 14.1. The Hall–Kier alpha value is -3.25. The number of fused-ring (bicyclic) bond motifs is 3. The second-order valence-corrected chi connectivity index (χ2v) is 11.6. The van der Waals surface area contributed by atoms with Gasteiger partial charge >= 0.3 is 0 Å². The van der Waals surface area contributed by atoms with Gasteiger partial charge < -0.3 is 0 Å². The summed E-state index contributed by atoms with van der Waals surface area (Å²) >= 11 is 0. The predicted molar refractivity (Wildman–Crippen MR) is 151 cm³/mol. The Kier molecular flexibility index (Phi) is 7.80. The van der Waals surface area contributed by atoms with Crippen molar-refractivity contribution in [3.8, 4) is 11.8 Å². The van der Waals surface area contributed by atoms with E-state index in [1.165, 1.54) is 22.3 Å². The molecule has 2 saturated carbocycles. The summed E-state index contributed by atoms with van der Waals surface area (Å²) in [7, 11) is 0. The minimum Gasteiger partial charge on any atom is -0.299 e. The molecule has 0 radical (unpaired) electrons. The molecule has 5 unspecified atom stereocenters. The highest BCUT2D eigenvalue weighted by Crippen LogP contribution is 2.65. The lowest BCUT2D eigenvalue weighted by atomic mass is 9.52. The Bertz CT molecular complexity index is 1320. The average molecular weight is 509 g/mol. The van der Waals surface area contributed by atoms with Crippen LogP contribution in [0.4, 0.5) is 4.39 Å². The zero-order valence-corrected chi connectivity index (χ0v) is 22.5. The minimum absolute atomic E-state index is 0.00113. The third kappa shape index (κ3) is 4.82. The van der Waals surface area contributed by atoms with Crippen molar-refractivity contribution < 1.29 is 14.0 Å². The molecule has 2 aromatic carbocycles. The van der Waals surface area contributed by atoms with E-state index in [2.05, 4.69) is 50.0 Å². The zero-order valence-electron chi connectivity index (χ0n) is 22.5. The molecule has 0 aromatic heterocycles. The van der Waals surface area contributed by atoms with E-state index < -0.39 is 0 Å². The van der Waals surface area contributed by atoms with Crippen LogP contribution in [0.1, 0.15) is 91.8 Å². The lowest BCUT2D eigenvalue weighted by Crippen LogP contribution is -2.43. The second kappa shape index (κ2) is 11.2. The standard InChI is InChI=1S/C35H37FO2/c1-3-5-30-28(18-19-37)14-16-31-33-17-15-29(22-36)35(33,2)21-32(34(30)31)27-12-10-24(11-13-27)8-9-25-6-4-7-26(20-25)23-38/h4,6-7,10-13,18-20,23,29,31-33H,3,5,14-17,21-22H2,1-2H3/b28-18-. The molecule has 196 valence electrons. The maximum absolute atomic E-state index is 14.3. The first-order chi connectivity index (χ1) is 18.5. The molecule has 2 fully saturated rings. The summed E-state index contributed by atoms with van der Waals surface area (Å²) in [6, 6.07) is 15.9. The van der Waals surface area contributed by atoms with E-state index in [4.69, 9.17) is 0 Å². The number of hydrogen-bond donors (Lipinski definition) is 0. The van der Waals surface area contributed by atoms with E-state index in [0.717, 1.165) is 68.6 Å². The van der Waals surface area contributed by atoms with E-state index in [0.29, 0.717) is 17.4 Å². The normalized spacial score (nSPS) is 29.3. The van der Waals surface area contributed by atoms with Gasteiger partial charge in [-0.1, -0.05) is 61.9 Å². The van der Waals surface area contributed by atoms with Crippen molar-refractivity contribution in [2.45, 2.75) is 64.7 Å². The number of carbonyl (C=O) groups excluding carboxylic acids is 2. The average Bonchev–Trinajstić information content (AvgIpc) is 3.29. The molecule has 2 nitrogen and oxygen atoms in total. The summed E-state index contributed by atoms with van der Waals surface area (Å²) in [5, 5.41) is 0. The van der Waals surface area contributed by atoms with Gasteiger partial charge in [-0.2, -0.15) is 0 Å². The Labute approximate surface area is 226 Å². The molecule has 0 bridgehead atoms. The molecule has 3 aliphatic carbocycles. The SMILES string of the molecule is CCCC1=C2C(c3ccc(C#Cc4cccc(C=O)c4)cc3)CC3(C)C(CF)CCC3C2CC/C1=C/C=O. The number of alkyl halides is 1. The smallest absolute Gasteiger partial charge is 0.150 e. The molecule has 5 atom stereocenters. The molecular formula is C35H37FO2. The molecule has 0 N–H and O–H groups in total. The number of carbonyl (C=O) groups is 2. The molecule has 0 saturated heterocycles. The van der Waals surface area contributed by atoms with Gasteiger partial charge in [0.2, 0.25) is 0 Å². The molecule has 3 heteroatoms. The fourth-order valence-corrected chi connectivity index (χ4v) is 7.79. The summed E-state index contributed by atoms with van der Waals surface area (Å²) in [6.07, 6.45) is 10.7. The third-order valence-corrected chi connectivity index (χ3v) is 9.61.